The van der Waals surface area contributed by atoms with Gasteiger partial charge in [0.25, 0.3) is 0 Å². The Balaban J connectivity index is 1.62. The summed E-state index contributed by atoms with van der Waals surface area (Å²) in [6.45, 7) is 0. The Morgan fingerprint density at radius 1 is 1.14 bits per heavy atom. The van der Waals surface area contributed by atoms with Crippen LogP contribution in [0.3, 0.4) is 0 Å². The van der Waals surface area contributed by atoms with Crippen LogP contribution in [-0.2, 0) is 0 Å². The maximum absolute atomic E-state index is 5.98. The zero-order chi connectivity index (χ0) is 14.3. The summed E-state index contributed by atoms with van der Waals surface area (Å²) in [6, 6.07) is 7.95. The quantitative estimate of drug-likeness (QED) is 0.827. The second kappa shape index (κ2) is 5.23. The lowest BCUT2D eigenvalue weighted by molar-refractivity contribution is 0.113. The van der Waals surface area contributed by atoms with Gasteiger partial charge < -0.3 is 0 Å². The smallest absolute Gasteiger partial charge is 0.206 e. The van der Waals surface area contributed by atoms with E-state index >= 15 is 0 Å². The van der Waals surface area contributed by atoms with Gasteiger partial charge in [-0.2, -0.15) is 5.10 Å². The number of hydrogen-bond acceptors (Lipinski definition) is 5. The fraction of sp³-hybridized carbons (Fsp3) is 0.400. The molecule has 0 saturated heterocycles. The fourth-order valence-corrected chi connectivity index (χ4v) is 4.02. The van der Waals surface area contributed by atoms with Crippen LogP contribution in [-0.4, -0.2) is 15.8 Å². The van der Waals surface area contributed by atoms with Crippen LogP contribution in [0.1, 0.15) is 37.7 Å². The molecule has 3 aliphatic rings. The third-order valence-corrected chi connectivity index (χ3v) is 5.32. The molecule has 0 amide bonds. The number of hydrogen-bond donors (Lipinski definition) is 2. The van der Waals surface area contributed by atoms with Crippen LogP contribution in [0, 0.1) is 0 Å². The first-order chi connectivity index (χ1) is 10.3. The SMILES string of the molecule is Clc1ccc(C2=CSC3=NNC4(CCCCC4)NN23)cc1. The molecule has 1 aromatic carbocycles. The summed E-state index contributed by atoms with van der Waals surface area (Å²) in [5.74, 6) is 0. The van der Waals surface area contributed by atoms with E-state index in [1.165, 1.54) is 19.3 Å². The first kappa shape index (κ1) is 13.5. The van der Waals surface area contributed by atoms with Gasteiger partial charge in [-0.1, -0.05) is 41.9 Å². The van der Waals surface area contributed by atoms with Crippen LogP contribution < -0.4 is 10.9 Å². The topological polar surface area (TPSA) is 39.7 Å². The highest BCUT2D eigenvalue weighted by molar-refractivity contribution is 8.16. The Kier molecular flexibility index (Phi) is 3.36. The van der Waals surface area contributed by atoms with Gasteiger partial charge in [0.15, 0.2) is 0 Å². The number of nitrogens with one attached hydrogen (secondary N) is 2. The van der Waals surface area contributed by atoms with Crippen molar-refractivity contribution < 1.29 is 0 Å². The van der Waals surface area contributed by atoms with E-state index in [1.807, 2.05) is 12.1 Å². The molecule has 0 radical (unpaired) electrons. The van der Waals surface area contributed by atoms with E-state index in [4.69, 9.17) is 11.6 Å². The number of fused-ring (bicyclic) bond motifs is 1. The van der Waals surface area contributed by atoms with Gasteiger partial charge in [-0.3, -0.25) is 5.43 Å². The lowest BCUT2D eigenvalue weighted by Crippen LogP contribution is -2.65. The largest absolute Gasteiger partial charge is 0.286 e. The molecule has 4 rings (SSSR count). The normalized spacial score (nSPS) is 23.4. The van der Waals surface area contributed by atoms with Gasteiger partial charge in [-0.15, -0.1) is 0 Å². The van der Waals surface area contributed by atoms with Gasteiger partial charge in [0.2, 0.25) is 5.17 Å². The lowest BCUT2D eigenvalue weighted by atomic mass is 9.90. The van der Waals surface area contributed by atoms with Crippen molar-refractivity contribution in [3.63, 3.8) is 0 Å². The first-order valence-electron chi connectivity index (χ1n) is 7.31. The predicted molar refractivity (Wildman–Crippen MR) is 88.4 cm³/mol. The first-order valence-corrected chi connectivity index (χ1v) is 8.57. The van der Waals surface area contributed by atoms with E-state index in [0.717, 1.165) is 34.3 Å². The highest BCUT2D eigenvalue weighted by atomic mass is 35.5. The number of hydrazone groups is 1. The Morgan fingerprint density at radius 3 is 2.67 bits per heavy atom. The maximum atomic E-state index is 5.98. The number of amidine groups is 1. The second-order valence-corrected chi connectivity index (χ2v) is 7.00. The molecule has 21 heavy (non-hydrogen) atoms. The molecule has 1 aromatic rings. The highest BCUT2D eigenvalue weighted by Gasteiger charge is 2.40. The lowest BCUT2D eigenvalue weighted by Gasteiger charge is -2.44. The van der Waals surface area contributed by atoms with Crippen molar-refractivity contribution in [2.45, 2.75) is 37.8 Å². The van der Waals surface area contributed by atoms with E-state index in [9.17, 15) is 0 Å². The van der Waals surface area contributed by atoms with Crippen molar-refractivity contribution in [3.05, 3.63) is 40.3 Å². The summed E-state index contributed by atoms with van der Waals surface area (Å²) in [6.07, 6.45) is 6.02. The minimum atomic E-state index is -0.0852. The van der Waals surface area contributed by atoms with Gasteiger partial charge >= 0.3 is 0 Å². The Morgan fingerprint density at radius 2 is 1.90 bits per heavy atom. The van der Waals surface area contributed by atoms with Crippen molar-refractivity contribution in [3.8, 4) is 0 Å². The number of benzene rings is 1. The second-order valence-electron chi connectivity index (χ2n) is 5.72. The standard InChI is InChI=1S/C15H17ClN4S/c16-12-6-4-11(5-7-12)13-10-21-14-17-18-15(19-20(13)14)8-2-1-3-9-15/h4-7,10,18-19H,1-3,8-9H2. The maximum Gasteiger partial charge on any atom is 0.206 e. The third-order valence-electron chi connectivity index (χ3n) is 4.25. The Hall–Kier alpha value is -1.17. The summed E-state index contributed by atoms with van der Waals surface area (Å²) in [5, 5.41) is 10.5. The summed E-state index contributed by atoms with van der Waals surface area (Å²) in [5.41, 5.74) is 9.22. The highest BCUT2D eigenvalue weighted by Crippen LogP contribution is 2.37. The zero-order valence-electron chi connectivity index (χ0n) is 11.6. The summed E-state index contributed by atoms with van der Waals surface area (Å²) < 4.78 is 0. The van der Waals surface area contributed by atoms with Crippen molar-refractivity contribution in [2.24, 2.45) is 5.10 Å². The molecule has 0 bridgehead atoms. The van der Waals surface area contributed by atoms with Gasteiger partial charge in [0.1, 0.15) is 5.66 Å². The van der Waals surface area contributed by atoms with Crippen molar-refractivity contribution in [1.29, 1.82) is 0 Å². The molecule has 4 nitrogen and oxygen atoms in total. The average Bonchev–Trinajstić information content (AvgIpc) is 2.92. The van der Waals surface area contributed by atoms with E-state index in [1.54, 1.807) is 11.8 Å². The molecule has 0 unspecified atom stereocenters. The Bertz CT molecular complexity index is 605. The molecule has 2 heterocycles. The molecule has 110 valence electrons. The number of halogens is 1. The zero-order valence-corrected chi connectivity index (χ0v) is 13.2. The molecular formula is C15H17ClN4S. The number of nitrogens with zero attached hydrogens (tertiary/aromatic N) is 2. The number of rotatable bonds is 1. The molecular weight excluding hydrogens is 304 g/mol. The van der Waals surface area contributed by atoms with Gasteiger partial charge in [0.05, 0.1) is 5.70 Å². The minimum absolute atomic E-state index is 0.0852. The van der Waals surface area contributed by atoms with E-state index in [0.29, 0.717) is 0 Å². The molecule has 0 atom stereocenters. The van der Waals surface area contributed by atoms with Crippen molar-refractivity contribution >= 4 is 34.2 Å². The molecule has 1 saturated carbocycles. The predicted octanol–water partition coefficient (Wildman–Crippen LogP) is 3.73. The summed E-state index contributed by atoms with van der Waals surface area (Å²) in [7, 11) is 0. The van der Waals surface area contributed by atoms with E-state index in [-0.39, 0.29) is 5.66 Å². The van der Waals surface area contributed by atoms with Crippen LogP contribution in [0.2, 0.25) is 5.02 Å². The van der Waals surface area contributed by atoms with Crippen LogP contribution in [0.4, 0.5) is 0 Å². The van der Waals surface area contributed by atoms with Gasteiger partial charge in [-0.05, 0) is 37.8 Å². The monoisotopic (exact) mass is 320 g/mol. The number of thioether (sulfide) groups is 1. The molecule has 6 heteroatoms. The van der Waals surface area contributed by atoms with E-state index < -0.39 is 0 Å². The molecule has 2 aliphatic heterocycles. The van der Waals surface area contributed by atoms with Crippen molar-refractivity contribution in [1.82, 2.24) is 15.9 Å². The average molecular weight is 321 g/mol. The van der Waals surface area contributed by atoms with Crippen LogP contribution >= 0.6 is 23.4 Å². The summed E-state index contributed by atoms with van der Waals surface area (Å²) >= 11 is 7.62. The van der Waals surface area contributed by atoms with Crippen LogP contribution in [0.5, 0.6) is 0 Å². The van der Waals surface area contributed by atoms with E-state index in [2.05, 4.69) is 38.5 Å². The molecule has 1 aliphatic carbocycles. The number of hydrazine groups is 1. The molecule has 2 N–H and O–H groups in total. The van der Waals surface area contributed by atoms with Crippen LogP contribution in [0.25, 0.3) is 5.70 Å². The molecule has 1 fully saturated rings. The molecule has 1 spiro atoms. The fourth-order valence-electron chi connectivity index (χ4n) is 3.09. The third kappa shape index (κ3) is 2.43. The van der Waals surface area contributed by atoms with Gasteiger partial charge in [0, 0.05) is 16.0 Å². The van der Waals surface area contributed by atoms with Crippen LogP contribution in [0.15, 0.2) is 34.8 Å². The minimum Gasteiger partial charge on any atom is -0.286 e. The van der Waals surface area contributed by atoms with Crippen molar-refractivity contribution in [2.75, 3.05) is 0 Å². The van der Waals surface area contributed by atoms with Gasteiger partial charge in [-0.25, -0.2) is 10.4 Å². The Labute approximate surface area is 133 Å². The molecule has 0 aromatic heterocycles. The summed E-state index contributed by atoms with van der Waals surface area (Å²) in [4.78, 5) is 0.